The summed E-state index contributed by atoms with van der Waals surface area (Å²) in [5.41, 5.74) is 6.54. The van der Waals surface area contributed by atoms with Gasteiger partial charge in [0.1, 0.15) is 0 Å². The molecule has 2 nitrogen and oxygen atoms in total. The minimum Gasteiger partial charge on any atom is -0.366 e. The fourth-order valence-electron chi connectivity index (χ4n) is 1.35. The fraction of sp³-hybridized carbons (Fsp3) is 0.0714. The highest BCUT2D eigenvalue weighted by molar-refractivity contribution is 7.12. The molecule has 0 aliphatic heterocycles. The Bertz CT molecular complexity index is 599. The molecule has 0 unspecified atom stereocenters. The van der Waals surface area contributed by atoms with Gasteiger partial charge in [0.25, 0.3) is 0 Å². The zero-order valence-electron chi connectivity index (χ0n) is 9.36. The molecule has 0 saturated carbocycles. The Morgan fingerprint density at radius 3 is 2.35 bits per heavy atom. The molecule has 1 aromatic heterocycles. The molecule has 2 aromatic rings. The molecule has 0 spiro atoms. The highest BCUT2D eigenvalue weighted by Gasteiger charge is 1.97. The molecule has 0 saturated heterocycles. The van der Waals surface area contributed by atoms with Crippen LogP contribution in [0.3, 0.4) is 0 Å². The smallest absolute Gasteiger partial charge is 0.248 e. The average molecular weight is 241 g/mol. The predicted molar refractivity (Wildman–Crippen MR) is 70.0 cm³/mol. The SMILES string of the molecule is Cc1ccc(C#Cc2ccc(C(N)=O)cc2)s1. The summed E-state index contributed by atoms with van der Waals surface area (Å²) in [5, 5.41) is 0. The van der Waals surface area contributed by atoms with E-state index < -0.39 is 5.91 Å². The number of rotatable bonds is 1. The third kappa shape index (κ3) is 2.96. The molecule has 0 fully saturated rings. The van der Waals surface area contributed by atoms with Crippen molar-refractivity contribution in [3.05, 3.63) is 57.3 Å². The van der Waals surface area contributed by atoms with Crippen LogP contribution in [0.2, 0.25) is 0 Å². The molecule has 0 aliphatic rings. The van der Waals surface area contributed by atoms with Gasteiger partial charge in [-0.3, -0.25) is 4.79 Å². The van der Waals surface area contributed by atoms with Crippen LogP contribution >= 0.6 is 11.3 Å². The minimum absolute atomic E-state index is 0.418. The summed E-state index contributed by atoms with van der Waals surface area (Å²) in [4.78, 5) is 13.2. The number of thiophene rings is 1. The third-order valence-corrected chi connectivity index (χ3v) is 3.16. The van der Waals surface area contributed by atoms with Crippen LogP contribution in [0, 0.1) is 18.8 Å². The number of hydrogen-bond acceptors (Lipinski definition) is 2. The first-order chi connectivity index (χ1) is 8.15. The standard InChI is InChI=1S/C14H11NOS/c1-10-2-8-13(17-10)9-5-11-3-6-12(7-4-11)14(15)16/h2-4,6-8H,1H3,(H2,15,16). The van der Waals surface area contributed by atoms with Crippen molar-refractivity contribution in [3.63, 3.8) is 0 Å². The summed E-state index contributed by atoms with van der Waals surface area (Å²) < 4.78 is 0. The first-order valence-corrected chi connectivity index (χ1v) is 5.95. The number of hydrogen-bond donors (Lipinski definition) is 1. The van der Waals surface area contributed by atoms with E-state index in [9.17, 15) is 4.79 Å². The lowest BCUT2D eigenvalue weighted by Gasteiger charge is -1.94. The molecule has 0 bridgehead atoms. The molecule has 84 valence electrons. The van der Waals surface area contributed by atoms with E-state index in [1.165, 1.54) is 4.88 Å². The van der Waals surface area contributed by atoms with Crippen LogP contribution in [0.5, 0.6) is 0 Å². The topological polar surface area (TPSA) is 43.1 Å². The largest absolute Gasteiger partial charge is 0.366 e. The quantitative estimate of drug-likeness (QED) is 0.766. The second-order valence-electron chi connectivity index (χ2n) is 3.60. The van der Waals surface area contributed by atoms with Gasteiger partial charge in [-0.1, -0.05) is 11.8 Å². The second-order valence-corrected chi connectivity index (χ2v) is 4.89. The highest BCUT2D eigenvalue weighted by atomic mass is 32.1. The number of carbonyl (C=O) groups excluding carboxylic acids is 1. The zero-order chi connectivity index (χ0) is 12.3. The molecule has 1 amide bonds. The van der Waals surface area contributed by atoms with Crippen molar-refractivity contribution < 1.29 is 4.79 Å². The first kappa shape index (κ1) is 11.4. The maximum Gasteiger partial charge on any atom is 0.248 e. The van der Waals surface area contributed by atoms with Gasteiger partial charge in [0.15, 0.2) is 0 Å². The second kappa shape index (κ2) is 4.86. The Balaban J connectivity index is 2.19. The third-order valence-electron chi connectivity index (χ3n) is 2.24. The highest BCUT2D eigenvalue weighted by Crippen LogP contribution is 2.13. The van der Waals surface area contributed by atoms with Crippen LogP contribution in [-0.2, 0) is 0 Å². The van der Waals surface area contributed by atoms with Crippen molar-refractivity contribution in [1.29, 1.82) is 0 Å². The summed E-state index contributed by atoms with van der Waals surface area (Å²) in [5.74, 6) is 5.71. The lowest BCUT2D eigenvalue weighted by atomic mass is 10.1. The lowest BCUT2D eigenvalue weighted by molar-refractivity contribution is 0.100. The average Bonchev–Trinajstić information content (AvgIpc) is 2.73. The Kier molecular flexibility index (Phi) is 3.27. The Morgan fingerprint density at radius 2 is 1.82 bits per heavy atom. The van der Waals surface area contributed by atoms with Gasteiger partial charge in [-0.05, 0) is 43.3 Å². The minimum atomic E-state index is -0.418. The van der Waals surface area contributed by atoms with Crippen LogP contribution < -0.4 is 5.73 Å². The molecule has 2 N–H and O–H groups in total. The van der Waals surface area contributed by atoms with Crippen LogP contribution in [0.4, 0.5) is 0 Å². The van der Waals surface area contributed by atoms with Crippen molar-refractivity contribution in [2.75, 3.05) is 0 Å². The monoisotopic (exact) mass is 241 g/mol. The van der Waals surface area contributed by atoms with Crippen molar-refractivity contribution in [2.24, 2.45) is 5.73 Å². The van der Waals surface area contributed by atoms with Crippen molar-refractivity contribution >= 4 is 17.2 Å². The van der Waals surface area contributed by atoms with E-state index in [0.717, 1.165) is 10.4 Å². The van der Waals surface area contributed by atoms with Gasteiger partial charge in [0.05, 0.1) is 4.88 Å². The van der Waals surface area contributed by atoms with E-state index in [1.807, 2.05) is 12.1 Å². The zero-order valence-corrected chi connectivity index (χ0v) is 10.2. The fourth-order valence-corrected chi connectivity index (χ4v) is 2.07. The van der Waals surface area contributed by atoms with Gasteiger partial charge in [0, 0.05) is 16.0 Å². The van der Waals surface area contributed by atoms with Crippen molar-refractivity contribution in [2.45, 2.75) is 6.92 Å². The molecule has 2 rings (SSSR count). The van der Waals surface area contributed by atoms with E-state index in [4.69, 9.17) is 5.73 Å². The Hall–Kier alpha value is -2.05. The maximum absolute atomic E-state index is 10.9. The van der Waals surface area contributed by atoms with Gasteiger partial charge < -0.3 is 5.73 Å². The number of nitrogens with two attached hydrogens (primary N) is 1. The maximum atomic E-state index is 10.9. The van der Waals surface area contributed by atoms with Gasteiger partial charge >= 0.3 is 0 Å². The van der Waals surface area contributed by atoms with Crippen molar-refractivity contribution in [1.82, 2.24) is 0 Å². The van der Waals surface area contributed by atoms with Crippen LogP contribution in [0.1, 0.15) is 25.7 Å². The predicted octanol–water partition coefficient (Wildman–Crippen LogP) is 2.56. The van der Waals surface area contributed by atoms with Crippen LogP contribution in [0.15, 0.2) is 36.4 Å². The van der Waals surface area contributed by atoms with E-state index in [1.54, 1.807) is 35.6 Å². The van der Waals surface area contributed by atoms with E-state index in [0.29, 0.717) is 5.56 Å². The van der Waals surface area contributed by atoms with E-state index in [-0.39, 0.29) is 0 Å². The molecular weight excluding hydrogens is 230 g/mol. The summed E-state index contributed by atoms with van der Waals surface area (Å²) in [6.07, 6.45) is 0. The van der Waals surface area contributed by atoms with Crippen LogP contribution in [-0.4, -0.2) is 5.91 Å². The molecular formula is C14H11NOS. The van der Waals surface area contributed by atoms with Crippen molar-refractivity contribution in [3.8, 4) is 11.8 Å². The van der Waals surface area contributed by atoms with Gasteiger partial charge in [-0.15, -0.1) is 11.3 Å². The number of carbonyl (C=O) groups is 1. The molecule has 0 radical (unpaired) electrons. The summed E-state index contributed by atoms with van der Waals surface area (Å²) in [6.45, 7) is 2.05. The summed E-state index contributed by atoms with van der Waals surface area (Å²) >= 11 is 1.67. The number of benzene rings is 1. The molecule has 1 heterocycles. The molecule has 17 heavy (non-hydrogen) atoms. The summed E-state index contributed by atoms with van der Waals surface area (Å²) in [7, 11) is 0. The van der Waals surface area contributed by atoms with E-state index >= 15 is 0 Å². The number of amides is 1. The molecule has 0 atom stereocenters. The first-order valence-electron chi connectivity index (χ1n) is 5.13. The lowest BCUT2D eigenvalue weighted by Crippen LogP contribution is -2.10. The molecule has 0 aliphatic carbocycles. The van der Waals surface area contributed by atoms with Crippen LogP contribution in [0.25, 0.3) is 0 Å². The Labute approximate surface area is 104 Å². The molecule has 3 heteroatoms. The molecule has 1 aromatic carbocycles. The van der Waals surface area contributed by atoms with Gasteiger partial charge in [-0.2, -0.15) is 0 Å². The van der Waals surface area contributed by atoms with Gasteiger partial charge in [0.2, 0.25) is 5.91 Å². The Morgan fingerprint density at radius 1 is 1.12 bits per heavy atom. The number of aryl methyl sites for hydroxylation is 1. The summed E-state index contributed by atoms with van der Waals surface area (Å²) in [6, 6.07) is 11.0. The van der Waals surface area contributed by atoms with Gasteiger partial charge in [-0.25, -0.2) is 0 Å². The van der Waals surface area contributed by atoms with E-state index in [2.05, 4.69) is 18.8 Å². The normalized spacial score (nSPS) is 9.47. The number of primary amides is 1.